The van der Waals surface area contributed by atoms with E-state index in [0.717, 1.165) is 38.9 Å². The van der Waals surface area contributed by atoms with Crippen LogP contribution in [-0.4, -0.2) is 38.3 Å². The molecule has 2 N–H and O–H groups in total. The van der Waals surface area contributed by atoms with Crippen molar-refractivity contribution in [2.75, 3.05) is 26.2 Å². The van der Waals surface area contributed by atoms with E-state index in [2.05, 4.69) is 24.5 Å². The van der Waals surface area contributed by atoms with Crippen LogP contribution < -0.4 is 10.6 Å². The van der Waals surface area contributed by atoms with Crippen LogP contribution >= 0.6 is 0 Å². The average Bonchev–Trinajstić information content (AvgIpc) is 2.48. The van der Waals surface area contributed by atoms with Gasteiger partial charge in [0.2, 0.25) is 5.91 Å². The standard InChI is InChI=1S/C16H32N2O2/c1-3-5-6-14(4-2)13-18-16(19)9-12-20-15-7-10-17-11-8-15/h14-15,17H,3-13H2,1-2H3,(H,18,19). The first-order valence-corrected chi connectivity index (χ1v) is 8.35. The molecule has 0 radical (unpaired) electrons. The molecular weight excluding hydrogens is 252 g/mol. The zero-order valence-corrected chi connectivity index (χ0v) is 13.2. The Balaban J connectivity index is 2.03. The van der Waals surface area contributed by atoms with E-state index in [4.69, 9.17) is 4.74 Å². The summed E-state index contributed by atoms with van der Waals surface area (Å²) in [5.74, 6) is 0.762. The van der Waals surface area contributed by atoms with Gasteiger partial charge in [-0.1, -0.05) is 33.1 Å². The van der Waals surface area contributed by atoms with Gasteiger partial charge in [0.15, 0.2) is 0 Å². The van der Waals surface area contributed by atoms with E-state index in [1.165, 1.54) is 19.3 Å². The van der Waals surface area contributed by atoms with Crippen LogP contribution in [0.5, 0.6) is 0 Å². The van der Waals surface area contributed by atoms with Crippen LogP contribution in [0.25, 0.3) is 0 Å². The first kappa shape index (κ1) is 17.4. The SMILES string of the molecule is CCCCC(CC)CNC(=O)CCOC1CCNCC1. The minimum absolute atomic E-state index is 0.133. The summed E-state index contributed by atoms with van der Waals surface area (Å²) < 4.78 is 5.75. The number of nitrogens with one attached hydrogen (secondary N) is 2. The normalized spacial score (nSPS) is 17.9. The highest BCUT2D eigenvalue weighted by atomic mass is 16.5. The Hall–Kier alpha value is -0.610. The highest BCUT2D eigenvalue weighted by Crippen LogP contribution is 2.11. The highest BCUT2D eigenvalue weighted by Gasteiger charge is 2.14. The zero-order chi connectivity index (χ0) is 14.6. The summed E-state index contributed by atoms with van der Waals surface area (Å²) in [4.78, 5) is 11.8. The number of hydrogen-bond acceptors (Lipinski definition) is 3. The summed E-state index contributed by atoms with van der Waals surface area (Å²) in [6, 6.07) is 0. The molecule has 4 nitrogen and oxygen atoms in total. The third kappa shape index (κ3) is 7.85. The lowest BCUT2D eigenvalue weighted by molar-refractivity contribution is -0.122. The highest BCUT2D eigenvalue weighted by molar-refractivity contribution is 5.75. The summed E-state index contributed by atoms with van der Waals surface area (Å²) in [5.41, 5.74) is 0. The second kappa shape index (κ2) is 11.1. The molecule has 118 valence electrons. The Morgan fingerprint density at radius 2 is 2.10 bits per heavy atom. The van der Waals surface area contributed by atoms with E-state index in [1.807, 2.05) is 0 Å². The molecule has 1 amide bonds. The van der Waals surface area contributed by atoms with Gasteiger partial charge in [0.25, 0.3) is 0 Å². The maximum Gasteiger partial charge on any atom is 0.222 e. The maximum absolute atomic E-state index is 11.8. The van der Waals surface area contributed by atoms with Crippen LogP contribution in [0.4, 0.5) is 0 Å². The van der Waals surface area contributed by atoms with E-state index in [1.54, 1.807) is 0 Å². The second-order valence-electron chi connectivity index (χ2n) is 5.79. The number of hydrogen-bond donors (Lipinski definition) is 2. The van der Waals surface area contributed by atoms with Crippen LogP contribution in [0.2, 0.25) is 0 Å². The number of ether oxygens (including phenoxy) is 1. The molecule has 0 spiro atoms. The zero-order valence-electron chi connectivity index (χ0n) is 13.2. The topological polar surface area (TPSA) is 50.4 Å². The van der Waals surface area contributed by atoms with Crippen molar-refractivity contribution < 1.29 is 9.53 Å². The molecule has 1 aliphatic heterocycles. The number of carbonyl (C=O) groups is 1. The molecule has 1 saturated heterocycles. The van der Waals surface area contributed by atoms with E-state index < -0.39 is 0 Å². The molecule has 0 aromatic rings. The van der Waals surface area contributed by atoms with Crippen molar-refractivity contribution in [1.29, 1.82) is 0 Å². The minimum Gasteiger partial charge on any atom is -0.378 e. The second-order valence-corrected chi connectivity index (χ2v) is 5.79. The van der Waals surface area contributed by atoms with Crippen molar-refractivity contribution in [2.24, 2.45) is 5.92 Å². The first-order chi connectivity index (χ1) is 9.76. The Labute approximate surface area is 124 Å². The lowest BCUT2D eigenvalue weighted by Crippen LogP contribution is -2.34. The van der Waals surface area contributed by atoms with Crippen LogP contribution in [0.3, 0.4) is 0 Å². The van der Waals surface area contributed by atoms with E-state index in [0.29, 0.717) is 25.0 Å². The van der Waals surface area contributed by atoms with Crippen molar-refractivity contribution in [3.8, 4) is 0 Å². The number of rotatable bonds is 10. The number of piperidine rings is 1. The van der Waals surface area contributed by atoms with Crippen molar-refractivity contribution in [2.45, 2.75) is 64.9 Å². The summed E-state index contributed by atoms with van der Waals surface area (Å²) >= 11 is 0. The maximum atomic E-state index is 11.8. The third-order valence-electron chi connectivity index (χ3n) is 4.10. The van der Waals surface area contributed by atoms with Gasteiger partial charge in [-0.05, 0) is 38.3 Å². The van der Waals surface area contributed by atoms with Crippen LogP contribution in [0.15, 0.2) is 0 Å². The van der Waals surface area contributed by atoms with Crippen LogP contribution in [0, 0.1) is 5.92 Å². The van der Waals surface area contributed by atoms with Gasteiger partial charge in [0.1, 0.15) is 0 Å². The molecule has 1 heterocycles. The molecule has 1 atom stereocenters. The minimum atomic E-state index is 0.133. The summed E-state index contributed by atoms with van der Waals surface area (Å²) in [6.07, 6.45) is 7.82. The molecule has 4 heteroatoms. The fraction of sp³-hybridized carbons (Fsp3) is 0.938. The fourth-order valence-electron chi connectivity index (χ4n) is 2.57. The fourth-order valence-corrected chi connectivity index (χ4v) is 2.57. The molecular formula is C16H32N2O2. The molecule has 0 aromatic heterocycles. The number of unbranched alkanes of at least 4 members (excludes halogenated alkanes) is 1. The lowest BCUT2D eigenvalue weighted by Gasteiger charge is -2.22. The summed E-state index contributed by atoms with van der Waals surface area (Å²) in [5, 5.41) is 6.36. The predicted molar refractivity (Wildman–Crippen MR) is 82.8 cm³/mol. The van der Waals surface area contributed by atoms with E-state index in [-0.39, 0.29) is 5.91 Å². The molecule has 1 unspecified atom stereocenters. The van der Waals surface area contributed by atoms with Gasteiger partial charge in [0.05, 0.1) is 12.7 Å². The number of amides is 1. The summed E-state index contributed by atoms with van der Waals surface area (Å²) in [6.45, 7) is 7.86. The quantitative estimate of drug-likeness (QED) is 0.648. The Bertz CT molecular complexity index is 253. The van der Waals surface area contributed by atoms with E-state index in [9.17, 15) is 4.79 Å². The van der Waals surface area contributed by atoms with Crippen molar-refractivity contribution in [1.82, 2.24) is 10.6 Å². The Morgan fingerprint density at radius 1 is 1.35 bits per heavy atom. The van der Waals surface area contributed by atoms with Gasteiger partial charge in [-0.2, -0.15) is 0 Å². The molecule has 20 heavy (non-hydrogen) atoms. The predicted octanol–water partition coefficient (Wildman–Crippen LogP) is 2.48. The first-order valence-electron chi connectivity index (χ1n) is 8.35. The van der Waals surface area contributed by atoms with E-state index >= 15 is 0 Å². The molecule has 0 saturated carbocycles. The number of carbonyl (C=O) groups excluding carboxylic acids is 1. The average molecular weight is 284 g/mol. The van der Waals surface area contributed by atoms with Crippen molar-refractivity contribution in [3.05, 3.63) is 0 Å². The van der Waals surface area contributed by atoms with Crippen LogP contribution in [-0.2, 0) is 9.53 Å². The molecule has 1 rings (SSSR count). The van der Waals surface area contributed by atoms with Gasteiger partial charge in [-0.3, -0.25) is 4.79 Å². The third-order valence-corrected chi connectivity index (χ3v) is 4.10. The van der Waals surface area contributed by atoms with Gasteiger partial charge >= 0.3 is 0 Å². The van der Waals surface area contributed by atoms with Crippen molar-refractivity contribution in [3.63, 3.8) is 0 Å². The largest absolute Gasteiger partial charge is 0.378 e. The smallest absolute Gasteiger partial charge is 0.222 e. The molecule has 1 fully saturated rings. The van der Waals surface area contributed by atoms with Gasteiger partial charge < -0.3 is 15.4 Å². The molecule has 0 bridgehead atoms. The Morgan fingerprint density at radius 3 is 2.75 bits per heavy atom. The van der Waals surface area contributed by atoms with Gasteiger partial charge in [-0.25, -0.2) is 0 Å². The molecule has 0 aromatic carbocycles. The molecule has 0 aliphatic carbocycles. The van der Waals surface area contributed by atoms with Gasteiger partial charge in [0, 0.05) is 13.0 Å². The van der Waals surface area contributed by atoms with Gasteiger partial charge in [-0.15, -0.1) is 0 Å². The molecule has 1 aliphatic rings. The Kier molecular flexibility index (Phi) is 9.67. The monoisotopic (exact) mass is 284 g/mol. The van der Waals surface area contributed by atoms with Crippen LogP contribution in [0.1, 0.15) is 58.8 Å². The van der Waals surface area contributed by atoms with Crippen molar-refractivity contribution >= 4 is 5.91 Å². The summed E-state index contributed by atoms with van der Waals surface area (Å²) in [7, 11) is 0. The lowest BCUT2D eigenvalue weighted by atomic mass is 9.99.